The quantitative estimate of drug-likeness (QED) is 0.720. The zero-order chi connectivity index (χ0) is 9.80. The topological polar surface area (TPSA) is 35.0 Å². The van der Waals surface area contributed by atoms with E-state index < -0.39 is 0 Å². The van der Waals surface area contributed by atoms with Crippen molar-refractivity contribution in [1.82, 2.24) is 9.97 Å². The second-order valence-corrected chi connectivity index (χ2v) is 2.78. The van der Waals surface area contributed by atoms with Gasteiger partial charge in [0.25, 0.3) is 0 Å². The fourth-order valence-corrected chi connectivity index (χ4v) is 1.06. The van der Waals surface area contributed by atoms with Crippen LogP contribution in [-0.2, 0) is 0 Å². The van der Waals surface area contributed by atoms with Crippen molar-refractivity contribution in [3.05, 3.63) is 48.4 Å². The van der Waals surface area contributed by atoms with Crippen LogP contribution in [0.4, 0.5) is 0 Å². The van der Waals surface area contributed by atoms with Crippen molar-refractivity contribution in [3.63, 3.8) is 0 Å². The Bertz CT molecular complexity index is 415. The molecule has 2 heterocycles. The predicted octanol–water partition coefficient (Wildman–Crippen LogP) is 2.38. The lowest BCUT2D eigenvalue weighted by Crippen LogP contribution is -1.90. The number of aryl methyl sites for hydroxylation is 1. The SMILES string of the molecule is Cc1ncccc1Oc1c[c]ccn1. The van der Waals surface area contributed by atoms with Gasteiger partial charge in [0, 0.05) is 18.5 Å². The Balaban J connectivity index is 2.24. The first kappa shape index (κ1) is 8.69. The summed E-state index contributed by atoms with van der Waals surface area (Å²) >= 11 is 0. The van der Waals surface area contributed by atoms with Gasteiger partial charge < -0.3 is 4.74 Å². The molecule has 69 valence electrons. The molecule has 0 aromatic carbocycles. The monoisotopic (exact) mass is 185 g/mol. The summed E-state index contributed by atoms with van der Waals surface area (Å²) in [6, 6.07) is 9.99. The maximum atomic E-state index is 5.50. The highest BCUT2D eigenvalue weighted by atomic mass is 16.5. The van der Waals surface area contributed by atoms with E-state index in [2.05, 4.69) is 16.0 Å². The number of rotatable bonds is 2. The van der Waals surface area contributed by atoms with E-state index in [1.165, 1.54) is 0 Å². The third kappa shape index (κ3) is 1.88. The Morgan fingerprint density at radius 3 is 2.93 bits per heavy atom. The zero-order valence-corrected chi connectivity index (χ0v) is 7.77. The smallest absolute Gasteiger partial charge is 0.219 e. The number of pyridine rings is 2. The first-order valence-electron chi connectivity index (χ1n) is 4.28. The van der Waals surface area contributed by atoms with Gasteiger partial charge in [-0.15, -0.1) is 0 Å². The average Bonchev–Trinajstić information content (AvgIpc) is 2.23. The van der Waals surface area contributed by atoms with Gasteiger partial charge in [0.1, 0.15) is 0 Å². The average molecular weight is 185 g/mol. The Morgan fingerprint density at radius 2 is 2.21 bits per heavy atom. The lowest BCUT2D eigenvalue weighted by molar-refractivity contribution is 0.456. The maximum absolute atomic E-state index is 5.50. The van der Waals surface area contributed by atoms with Crippen molar-refractivity contribution in [2.75, 3.05) is 0 Å². The van der Waals surface area contributed by atoms with E-state index in [0.717, 1.165) is 11.4 Å². The Morgan fingerprint density at radius 1 is 1.29 bits per heavy atom. The second-order valence-electron chi connectivity index (χ2n) is 2.78. The minimum Gasteiger partial charge on any atom is -0.437 e. The second kappa shape index (κ2) is 3.87. The molecule has 0 aliphatic heterocycles. The first-order valence-corrected chi connectivity index (χ1v) is 4.28. The molecule has 0 spiro atoms. The highest BCUT2D eigenvalue weighted by Crippen LogP contribution is 2.20. The molecule has 0 unspecified atom stereocenters. The van der Waals surface area contributed by atoms with Crippen LogP contribution in [0.5, 0.6) is 11.6 Å². The Labute approximate surface area is 82.4 Å². The third-order valence-electron chi connectivity index (χ3n) is 1.75. The van der Waals surface area contributed by atoms with Crippen molar-refractivity contribution < 1.29 is 4.74 Å². The molecule has 0 atom stereocenters. The first-order chi connectivity index (χ1) is 6.86. The molecule has 0 saturated heterocycles. The number of hydrogen-bond acceptors (Lipinski definition) is 3. The van der Waals surface area contributed by atoms with E-state index >= 15 is 0 Å². The van der Waals surface area contributed by atoms with Crippen LogP contribution in [0, 0.1) is 13.0 Å². The summed E-state index contributed by atoms with van der Waals surface area (Å²) in [5.74, 6) is 1.25. The molecule has 0 aliphatic carbocycles. The van der Waals surface area contributed by atoms with E-state index in [0.29, 0.717) is 5.88 Å². The van der Waals surface area contributed by atoms with Gasteiger partial charge in [-0.05, 0) is 31.2 Å². The molecular weight excluding hydrogens is 176 g/mol. The fraction of sp³-hybridized carbons (Fsp3) is 0.0909. The Hall–Kier alpha value is -1.90. The highest BCUT2D eigenvalue weighted by Gasteiger charge is 2.00. The van der Waals surface area contributed by atoms with Gasteiger partial charge in [0.05, 0.1) is 5.69 Å². The summed E-state index contributed by atoms with van der Waals surface area (Å²) in [6.45, 7) is 1.89. The minimum atomic E-state index is 0.531. The summed E-state index contributed by atoms with van der Waals surface area (Å²) < 4.78 is 5.50. The van der Waals surface area contributed by atoms with Crippen molar-refractivity contribution in [2.24, 2.45) is 0 Å². The lowest BCUT2D eigenvalue weighted by atomic mass is 10.3. The molecule has 0 amide bonds. The summed E-state index contributed by atoms with van der Waals surface area (Å²) in [5, 5.41) is 0. The minimum absolute atomic E-state index is 0.531. The number of aromatic nitrogens is 2. The van der Waals surface area contributed by atoms with Gasteiger partial charge in [0.15, 0.2) is 5.75 Å². The molecule has 0 saturated carbocycles. The molecule has 3 nitrogen and oxygen atoms in total. The summed E-state index contributed by atoms with van der Waals surface area (Å²) in [4.78, 5) is 8.15. The van der Waals surface area contributed by atoms with Crippen molar-refractivity contribution in [3.8, 4) is 11.6 Å². The third-order valence-corrected chi connectivity index (χ3v) is 1.75. The van der Waals surface area contributed by atoms with E-state index in [1.807, 2.05) is 19.1 Å². The van der Waals surface area contributed by atoms with E-state index in [4.69, 9.17) is 4.74 Å². The standard InChI is InChI=1S/C11H9N2O/c1-9-10(5-4-8-12-9)14-11-6-2-3-7-13-11/h3-8H,1H3. The van der Waals surface area contributed by atoms with Gasteiger partial charge in [-0.25, -0.2) is 4.98 Å². The molecule has 0 aliphatic rings. The zero-order valence-electron chi connectivity index (χ0n) is 7.77. The molecule has 0 fully saturated rings. The lowest BCUT2D eigenvalue weighted by Gasteiger charge is -2.05. The van der Waals surface area contributed by atoms with Crippen LogP contribution in [-0.4, -0.2) is 9.97 Å². The highest BCUT2D eigenvalue weighted by molar-refractivity contribution is 5.29. The van der Waals surface area contributed by atoms with E-state index in [9.17, 15) is 0 Å². The number of nitrogens with zero attached hydrogens (tertiary/aromatic N) is 2. The molecule has 14 heavy (non-hydrogen) atoms. The van der Waals surface area contributed by atoms with Crippen LogP contribution in [0.2, 0.25) is 0 Å². The molecule has 2 aromatic heterocycles. The van der Waals surface area contributed by atoms with Gasteiger partial charge in [-0.3, -0.25) is 4.98 Å². The van der Waals surface area contributed by atoms with Crippen molar-refractivity contribution in [2.45, 2.75) is 6.92 Å². The van der Waals surface area contributed by atoms with E-state index in [-0.39, 0.29) is 0 Å². The van der Waals surface area contributed by atoms with Gasteiger partial charge in [-0.1, -0.05) is 0 Å². The largest absolute Gasteiger partial charge is 0.437 e. The molecule has 2 rings (SSSR count). The van der Waals surface area contributed by atoms with E-state index in [1.54, 1.807) is 24.5 Å². The van der Waals surface area contributed by atoms with Crippen LogP contribution in [0.3, 0.4) is 0 Å². The van der Waals surface area contributed by atoms with Crippen LogP contribution >= 0.6 is 0 Å². The summed E-state index contributed by atoms with van der Waals surface area (Å²) in [5.41, 5.74) is 0.846. The van der Waals surface area contributed by atoms with Crippen LogP contribution < -0.4 is 4.74 Å². The van der Waals surface area contributed by atoms with Crippen LogP contribution in [0.1, 0.15) is 5.69 Å². The summed E-state index contributed by atoms with van der Waals surface area (Å²) in [6.07, 6.45) is 3.37. The van der Waals surface area contributed by atoms with Gasteiger partial charge in [0.2, 0.25) is 5.88 Å². The number of hydrogen-bond donors (Lipinski definition) is 0. The maximum Gasteiger partial charge on any atom is 0.219 e. The normalized spacial score (nSPS) is 9.79. The number of ether oxygens (including phenoxy) is 1. The van der Waals surface area contributed by atoms with Crippen LogP contribution in [0.15, 0.2) is 36.7 Å². The molecule has 0 bridgehead atoms. The predicted molar refractivity (Wildman–Crippen MR) is 52.1 cm³/mol. The molecule has 0 N–H and O–H groups in total. The molecule has 1 radical (unpaired) electrons. The van der Waals surface area contributed by atoms with Gasteiger partial charge in [-0.2, -0.15) is 0 Å². The molecule has 2 aromatic rings. The van der Waals surface area contributed by atoms with Gasteiger partial charge >= 0.3 is 0 Å². The fourth-order valence-electron chi connectivity index (χ4n) is 1.06. The molecular formula is C11H9N2O. The molecule has 3 heteroatoms. The summed E-state index contributed by atoms with van der Waals surface area (Å²) in [7, 11) is 0. The van der Waals surface area contributed by atoms with Crippen molar-refractivity contribution >= 4 is 0 Å². The van der Waals surface area contributed by atoms with Crippen molar-refractivity contribution in [1.29, 1.82) is 0 Å². The Kier molecular flexibility index (Phi) is 2.40. The van der Waals surface area contributed by atoms with Crippen LogP contribution in [0.25, 0.3) is 0 Å².